The van der Waals surface area contributed by atoms with E-state index in [4.69, 9.17) is 16.3 Å². The second kappa shape index (κ2) is 7.75. The minimum absolute atomic E-state index is 0.174. The van der Waals surface area contributed by atoms with Crippen molar-refractivity contribution in [2.24, 2.45) is 0 Å². The Bertz CT molecular complexity index is 957. The van der Waals surface area contributed by atoms with E-state index in [1.165, 1.54) is 7.11 Å². The molecule has 1 heterocycles. The summed E-state index contributed by atoms with van der Waals surface area (Å²) in [5.41, 5.74) is 1.22. The highest BCUT2D eigenvalue weighted by Crippen LogP contribution is 2.23. The summed E-state index contributed by atoms with van der Waals surface area (Å²) in [5, 5.41) is 15.0. The Balaban J connectivity index is 1.72. The molecule has 0 aliphatic rings. The minimum Gasteiger partial charge on any atom is -0.465 e. The van der Waals surface area contributed by atoms with Crippen LogP contribution in [0.15, 0.2) is 48.5 Å². The molecule has 3 rings (SSSR count). The largest absolute Gasteiger partial charge is 0.465 e. The fourth-order valence-electron chi connectivity index (χ4n) is 2.26. The summed E-state index contributed by atoms with van der Waals surface area (Å²) in [6, 6.07) is 13.6. The number of methoxy groups -OCH3 is 1. The van der Waals surface area contributed by atoms with Crippen molar-refractivity contribution in [1.82, 2.24) is 20.2 Å². The van der Waals surface area contributed by atoms with Gasteiger partial charge in [0, 0.05) is 5.56 Å². The number of amides is 1. The molecule has 0 spiro atoms. The molecule has 0 aliphatic heterocycles. The number of benzene rings is 2. The zero-order valence-electron chi connectivity index (χ0n) is 13.7. The van der Waals surface area contributed by atoms with Gasteiger partial charge in [0.1, 0.15) is 6.54 Å². The van der Waals surface area contributed by atoms with Crippen LogP contribution in [0, 0.1) is 0 Å². The molecule has 2 aromatic carbocycles. The summed E-state index contributed by atoms with van der Waals surface area (Å²) in [6.07, 6.45) is 0. The molecule has 9 heteroatoms. The van der Waals surface area contributed by atoms with Crippen LogP contribution >= 0.6 is 11.6 Å². The van der Waals surface area contributed by atoms with Gasteiger partial charge in [0.15, 0.2) is 0 Å². The SMILES string of the molecule is COC(=O)c1ccccc1NC(=O)Cn1nnc(-c2ccccc2Cl)n1. The molecule has 26 heavy (non-hydrogen) atoms. The highest BCUT2D eigenvalue weighted by Gasteiger charge is 2.15. The van der Waals surface area contributed by atoms with E-state index in [2.05, 4.69) is 20.7 Å². The second-order valence-corrected chi connectivity index (χ2v) is 5.62. The van der Waals surface area contributed by atoms with E-state index < -0.39 is 11.9 Å². The number of anilines is 1. The van der Waals surface area contributed by atoms with Crippen LogP contribution in [0.25, 0.3) is 11.4 Å². The van der Waals surface area contributed by atoms with E-state index in [-0.39, 0.29) is 12.1 Å². The van der Waals surface area contributed by atoms with E-state index in [0.717, 1.165) is 4.80 Å². The van der Waals surface area contributed by atoms with E-state index in [1.54, 1.807) is 48.5 Å². The Labute approximate surface area is 153 Å². The standard InChI is InChI=1S/C17H14ClN5O3/c1-26-17(25)12-7-3-5-9-14(12)19-15(24)10-23-21-16(20-22-23)11-6-2-4-8-13(11)18/h2-9H,10H2,1H3,(H,19,24). The van der Waals surface area contributed by atoms with E-state index >= 15 is 0 Å². The second-order valence-electron chi connectivity index (χ2n) is 5.21. The number of hydrogen-bond donors (Lipinski definition) is 1. The van der Waals surface area contributed by atoms with Crippen molar-refractivity contribution in [2.75, 3.05) is 12.4 Å². The Morgan fingerprint density at radius 1 is 1.15 bits per heavy atom. The number of carbonyl (C=O) groups is 2. The molecule has 132 valence electrons. The summed E-state index contributed by atoms with van der Waals surface area (Å²) >= 11 is 6.10. The number of esters is 1. The maximum Gasteiger partial charge on any atom is 0.339 e. The van der Waals surface area contributed by atoms with Crippen LogP contribution in [-0.4, -0.2) is 39.2 Å². The van der Waals surface area contributed by atoms with Crippen molar-refractivity contribution in [3.63, 3.8) is 0 Å². The normalized spacial score (nSPS) is 10.4. The molecule has 8 nitrogen and oxygen atoms in total. The van der Waals surface area contributed by atoms with Crippen molar-refractivity contribution >= 4 is 29.2 Å². The zero-order chi connectivity index (χ0) is 18.5. The van der Waals surface area contributed by atoms with Crippen LogP contribution in [0.2, 0.25) is 5.02 Å². The molecule has 0 bridgehead atoms. The molecular weight excluding hydrogens is 358 g/mol. The Hall–Kier alpha value is -3.26. The third-order valence-corrected chi connectivity index (χ3v) is 3.79. The van der Waals surface area contributed by atoms with Crippen LogP contribution in [0.4, 0.5) is 5.69 Å². The number of ether oxygens (including phenoxy) is 1. The fraction of sp³-hybridized carbons (Fsp3) is 0.118. The predicted molar refractivity (Wildman–Crippen MR) is 94.7 cm³/mol. The zero-order valence-corrected chi connectivity index (χ0v) is 14.5. The molecule has 0 radical (unpaired) electrons. The van der Waals surface area contributed by atoms with Crippen LogP contribution < -0.4 is 5.32 Å². The number of halogens is 1. The van der Waals surface area contributed by atoms with Crippen molar-refractivity contribution in [2.45, 2.75) is 6.54 Å². The van der Waals surface area contributed by atoms with Gasteiger partial charge in [-0.15, -0.1) is 10.2 Å². The van der Waals surface area contributed by atoms with Crippen molar-refractivity contribution in [3.05, 3.63) is 59.1 Å². The lowest BCUT2D eigenvalue weighted by Crippen LogP contribution is -2.22. The van der Waals surface area contributed by atoms with Gasteiger partial charge < -0.3 is 10.1 Å². The van der Waals surface area contributed by atoms with Crippen molar-refractivity contribution < 1.29 is 14.3 Å². The van der Waals surface area contributed by atoms with Crippen LogP contribution in [0.5, 0.6) is 0 Å². The maximum absolute atomic E-state index is 12.2. The topological polar surface area (TPSA) is 99.0 Å². The van der Waals surface area contributed by atoms with E-state index in [0.29, 0.717) is 22.1 Å². The van der Waals surface area contributed by atoms with E-state index in [9.17, 15) is 9.59 Å². The fourth-order valence-corrected chi connectivity index (χ4v) is 2.48. The molecule has 1 amide bonds. The third kappa shape index (κ3) is 3.86. The van der Waals surface area contributed by atoms with E-state index in [1.807, 2.05) is 0 Å². The summed E-state index contributed by atoms with van der Waals surface area (Å²) in [6.45, 7) is -0.174. The number of tetrazole rings is 1. The Kier molecular flexibility index (Phi) is 5.23. The minimum atomic E-state index is -0.541. The summed E-state index contributed by atoms with van der Waals surface area (Å²) in [4.78, 5) is 25.1. The first-order valence-corrected chi connectivity index (χ1v) is 7.96. The molecule has 1 aromatic heterocycles. The predicted octanol–water partition coefficient (Wildman–Crippen LogP) is 2.42. The first-order valence-electron chi connectivity index (χ1n) is 7.58. The average molecular weight is 372 g/mol. The van der Waals surface area contributed by atoms with Gasteiger partial charge in [-0.3, -0.25) is 4.79 Å². The third-order valence-electron chi connectivity index (χ3n) is 3.46. The number of aromatic nitrogens is 4. The molecule has 0 saturated carbocycles. The van der Waals surface area contributed by atoms with Gasteiger partial charge in [0.25, 0.3) is 0 Å². The van der Waals surface area contributed by atoms with Crippen molar-refractivity contribution in [3.8, 4) is 11.4 Å². The summed E-state index contributed by atoms with van der Waals surface area (Å²) < 4.78 is 4.70. The van der Waals surface area contributed by atoms with Crippen LogP contribution in [0.3, 0.4) is 0 Å². The monoisotopic (exact) mass is 371 g/mol. The average Bonchev–Trinajstić information content (AvgIpc) is 3.10. The smallest absolute Gasteiger partial charge is 0.339 e. The lowest BCUT2D eigenvalue weighted by Gasteiger charge is -2.08. The summed E-state index contributed by atoms with van der Waals surface area (Å²) in [5.74, 6) is -0.636. The molecular formula is C17H14ClN5O3. The van der Waals surface area contributed by atoms with Gasteiger partial charge in [0.2, 0.25) is 11.7 Å². The number of nitrogens with zero attached hydrogens (tertiary/aromatic N) is 4. The number of hydrogen-bond acceptors (Lipinski definition) is 6. The number of carbonyl (C=O) groups excluding carboxylic acids is 2. The number of rotatable bonds is 5. The Morgan fingerprint density at radius 2 is 1.88 bits per heavy atom. The molecule has 0 saturated heterocycles. The van der Waals surface area contributed by atoms with Crippen LogP contribution in [-0.2, 0) is 16.1 Å². The van der Waals surface area contributed by atoms with Gasteiger partial charge in [-0.2, -0.15) is 4.80 Å². The maximum atomic E-state index is 12.2. The number of para-hydroxylation sites is 1. The van der Waals surface area contributed by atoms with Gasteiger partial charge in [-0.25, -0.2) is 4.79 Å². The quantitative estimate of drug-likeness (QED) is 0.691. The van der Waals surface area contributed by atoms with Crippen molar-refractivity contribution in [1.29, 1.82) is 0 Å². The van der Waals surface area contributed by atoms with Gasteiger partial charge >= 0.3 is 5.97 Å². The first kappa shape index (κ1) is 17.6. The molecule has 0 aliphatic carbocycles. The van der Waals surface area contributed by atoms with Crippen LogP contribution in [0.1, 0.15) is 10.4 Å². The van der Waals surface area contributed by atoms with Gasteiger partial charge in [-0.05, 0) is 29.5 Å². The Morgan fingerprint density at radius 3 is 2.65 bits per heavy atom. The number of nitrogens with one attached hydrogen (secondary N) is 1. The molecule has 0 atom stereocenters. The molecule has 0 unspecified atom stereocenters. The summed E-state index contributed by atoms with van der Waals surface area (Å²) in [7, 11) is 1.27. The first-order chi connectivity index (χ1) is 12.6. The molecule has 1 N–H and O–H groups in total. The highest BCUT2D eigenvalue weighted by molar-refractivity contribution is 6.33. The van der Waals surface area contributed by atoms with Gasteiger partial charge in [-0.1, -0.05) is 35.9 Å². The highest BCUT2D eigenvalue weighted by atomic mass is 35.5. The lowest BCUT2D eigenvalue weighted by atomic mass is 10.2. The molecule has 3 aromatic rings. The van der Waals surface area contributed by atoms with Gasteiger partial charge in [0.05, 0.1) is 23.4 Å². The lowest BCUT2D eigenvalue weighted by molar-refractivity contribution is -0.117. The molecule has 0 fully saturated rings.